The first-order valence-corrected chi connectivity index (χ1v) is 15.7. The number of carbonyl (C=O) groups excluding carboxylic acids is 1. The van der Waals surface area contributed by atoms with Crippen molar-refractivity contribution in [3.05, 3.63) is 72.8 Å². The van der Waals surface area contributed by atoms with Gasteiger partial charge in [0.15, 0.2) is 11.5 Å². The van der Waals surface area contributed by atoms with E-state index in [0.717, 1.165) is 41.8 Å². The molecule has 0 saturated carbocycles. The van der Waals surface area contributed by atoms with E-state index in [1.807, 2.05) is 56.3 Å². The molecule has 1 amide bonds. The number of H-pyrrole nitrogens is 2. The second-order valence-corrected chi connectivity index (χ2v) is 12.1. The third-order valence-corrected chi connectivity index (χ3v) is 8.11. The molecule has 0 radical (unpaired) electrons. The van der Waals surface area contributed by atoms with Crippen LogP contribution in [-0.4, -0.2) is 67.2 Å². The number of hydrogen-bond acceptors (Lipinski definition) is 7. The van der Waals surface area contributed by atoms with E-state index >= 15 is 0 Å². The number of pyridine rings is 2. The highest BCUT2D eigenvalue weighted by Gasteiger charge is 2.18. The smallest absolute Gasteiger partial charge is 0.224 e. The summed E-state index contributed by atoms with van der Waals surface area (Å²) in [5.74, 6) is 0.858. The first-order valence-electron chi connectivity index (χ1n) is 15.7. The van der Waals surface area contributed by atoms with E-state index in [0.29, 0.717) is 58.3 Å². The average Bonchev–Trinajstić information content (AvgIpc) is 3.80. The number of aromatic nitrogens is 6. The monoisotopic (exact) mass is 618 g/mol. The van der Waals surface area contributed by atoms with E-state index in [4.69, 9.17) is 14.7 Å². The van der Waals surface area contributed by atoms with Crippen molar-refractivity contribution in [1.82, 2.24) is 35.0 Å². The van der Waals surface area contributed by atoms with E-state index < -0.39 is 0 Å². The van der Waals surface area contributed by atoms with Crippen molar-refractivity contribution in [2.45, 2.75) is 33.1 Å². The number of anilines is 1. The number of amides is 1. The van der Waals surface area contributed by atoms with Gasteiger partial charge in [-0.3, -0.25) is 19.8 Å². The number of hydrogen-bond donors (Lipinski definition) is 3. The predicted molar refractivity (Wildman–Crippen MR) is 177 cm³/mol. The van der Waals surface area contributed by atoms with Crippen LogP contribution in [0.1, 0.15) is 33.1 Å². The number of aromatic amines is 2. The lowest BCUT2D eigenvalue weighted by Crippen LogP contribution is -2.25. The van der Waals surface area contributed by atoms with E-state index in [-0.39, 0.29) is 17.6 Å². The number of nitrogens with one attached hydrogen (secondary N) is 3. The van der Waals surface area contributed by atoms with Gasteiger partial charge in [-0.1, -0.05) is 26.0 Å². The first kappa shape index (κ1) is 29.5. The summed E-state index contributed by atoms with van der Waals surface area (Å²) in [6, 6.07) is 16.2. The molecule has 2 aromatic carbocycles. The van der Waals surface area contributed by atoms with Gasteiger partial charge in [-0.25, -0.2) is 14.4 Å². The zero-order valence-electron chi connectivity index (χ0n) is 25.8. The van der Waals surface area contributed by atoms with Gasteiger partial charge in [0, 0.05) is 36.4 Å². The molecule has 0 bridgehead atoms. The molecule has 6 aromatic rings. The van der Waals surface area contributed by atoms with Crippen LogP contribution in [0.4, 0.5) is 10.1 Å². The molecule has 7 rings (SSSR count). The van der Waals surface area contributed by atoms with Crippen molar-refractivity contribution < 1.29 is 13.9 Å². The van der Waals surface area contributed by atoms with Crippen LogP contribution in [0.3, 0.4) is 0 Å². The van der Waals surface area contributed by atoms with Gasteiger partial charge in [0.2, 0.25) is 5.91 Å². The van der Waals surface area contributed by atoms with E-state index in [1.165, 1.54) is 25.0 Å². The van der Waals surface area contributed by atoms with Gasteiger partial charge in [-0.15, -0.1) is 0 Å². The number of para-hydroxylation sites is 1. The Bertz CT molecular complexity index is 2030. The lowest BCUT2D eigenvalue weighted by Gasteiger charge is -2.15. The van der Waals surface area contributed by atoms with Gasteiger partial charge in [0.05, 0.1) is 34.1 Å². The zero-order valence-corrected chi connectivity index (χ0v) is 25.8. The van der Waals surface area contributed by atoms with Gasteiger partial charge in [0.25, 0.3) is 0 Å². The molecular formula is C35H35FN8O2. The van der Waals surface area contributed by atoms with E-state index in [9.17, 15) is 9.18 Å². The summed E-state index contributed by atoms with van der Waals surface area (Å²) in [5, 5.41) is 10.5. The fourth-order valence-corrected chi connectivity index (χ4v) is 5.93. The molecule has 46 heavy (non-hydrogen) atoms. The summed E-state index contributed by atoms with van der Waals surface area (Å²) in [7, 11) is 0. The number of halogens is 1. The quantitative estimate of drug-likeness (QED) is 0.154. The largest absolute Gasteiger partial charge is 0.492 e. The summed E-state index contributed by atoms with van der Waals surface area (Å²) in [6.45, 7) is 7.52. The average molecular weight is 619 g/mol. The third kappa shape index (κ3) is 6.32. The highest BCUT2D eigenvalue weighted by atomic mass is 19.1. The molecule has 0 spiro atoms. The number of benzene rings is 2. The van der Waals surface area contributed by atoms with Crippen LogP contribution in [0, 0.1) is 11.7 Å². The number of likely N-dealkylation sites (tertiary alicyclic amines) is 1. The van der Waals surface area contributed by atoms with Crippen molar-refractivity contribution in [3.8, 4) is 39.7 Å². The topological polar surface area (TPSA) is 125 Å². The van der Waals surface area contributed by atoms with Crippen LogP contribution in [0.15, 0.2) is 67.0 Å². The molecule has 3 N–H and O–H groups in total. The second-order valence-electron chi connectivity index (χ2n) is 12.1. The molecular weight excluding hydrogens is 583 g/mol. The minimum atomic E-state index is -0.366. The van der Waals surface area contributed by atoms with Gasteiger partial charge in [-0.2, -0.15) is 5.10 Å². The van der Waals surface area contributed by atoms with Crippen LogP contribution in [0.5, 0.6) is 5.75 Å². The van der Waals surface area contributed by atoms with Crippen molar-refractivity contribution in [2.24, 2.45) is 5.92 Å². The van der Waals surface area contributed by atoms with E-state index in [1.54, 1.807) is 12.4 Å². The summed E-state index contributed by atoms with van der Waals surface area (Å²) in [6.07, 6.45) is 6.20. The molecule has 0 aliphatic carbocycles. The molecule has 10 nitrogen and oxygen atoms in total. The summed E-state index contributed by atoms with van der Waals surface area (Å²) >= 11 is 0. The summed E-state index contributed by atoms with van der Waals surface area (Å²) in [5.41, 5.74) is 6.91. The summed E-state index contributed by atoms with van der Waals surface area (Å²) in [4.78, 5) is 32.2. The number of nitrogens with zero attached hydrogens (tertiary/aromatic N) is 5. The fourth-order valence-electron chi connectivity index (χ4n) is 5.93. The van der Waals surface area contributed by atoms with Crippen LogP contribution in [-0.2, 0) is 4.79 Å². The second kappa shape index (κ2) is 12.7. The minimum Gasteiger partial charge on any atom is -0.492 e. The third-order valence-electron chi connectivity index (χ3n) is 8.11. The maximum Gasteiger partial charge on any atom is 0.224 e. The lowest BCUT2D eigenvalue weighted by atomic mass is 10.0. The molecule has 5 heterocycles. The van der Waals surface area contributed by atoms with Gasteiger partial charge in [0.1, 0.15) is 23.7 Å². The van der Waals surface area contributed by atoms with Crippen LogP contribution < -0.4 is 10.1 Å². The highest BCUT2D eigenvalue weighted by Crippen LogP contribution is 2.34. The molecule has 1 saturated heterocycles. The number of carbonyl (C=O) groups is 1. The molecule has 1 aliphatic rings. The zero-order chi connectivity index (χ0) is 31.6. The Morgan fingerprint density at radius 1 is 1.00 bits per heavy atom. The Balaban J connectivity index is 1.18. The van der Waals surface area contributed by atoms with Crippen LogP contribution >= 0.6 is 0 Å². The Kier molecular flexibility index (Phi) is 8.15. The summed E-state index contributed by atoms with van der Waals surface area (Å²) < 4.78 is 20.8. The number of rotatable bonds is 10. The van der Waals surface area contributed by atoms with Gasteiger partial charge >= 0.3 is 0 Å². The van der Waals surface area contributed by atoms with E-state index in [2.05, 4.69) is 30.4 Å². The van der Waals surface area contributed by atoms with Crippen LogP contribution in [0.2, 0.25) is 0 Å². The molecule has 4 aromatic heterocycles. The Labute approximate surface area is 265 Å². The van der Waals surface area contributed by atoms with Crippen molar-refractivity contribution in [1.29, 1.82) is 0 Å². The maximum atomic E-state index is 14.8. The lowest BCUT2D eigenvalue weighted by molar-refractivity contribution is -0.116. The molecule has 0 atom stereocenters. The van der Waals surface area contributed by atoms with Gasteiger partial charge in [-0.05, 0) is 73.8 Å². The number of imidazole rings is 1. The molecule has 234 valence electrons. The van der Waals surface area contributed by atoms with Crippen molar-refractivity contribution in [3.63, 3.8) is 0 Å². The van der Waals surface area contributed by atoms with Crippen molar-refractivity contribution >= 4 is 33.7 Å². The fraction of sp³-hybridized carbons (Fsp3) is 0.286. The van der Waals surface area contributed by atoms with Crippen molar-refractivity contribution in [2.75, 3.05) is 31.6 Å². The van der Waals surface area contributed by atoms with Gasteiger partial charge < -0.3 is 15.0 Å². The minimum absolute atomic E-state index is 0.0572. The predicted octanol–water partition coefficient (Wildman–Crippen LogP) is 6.83. The first-order chi connectivity index (χ1) is 22.4. The Hall–Kier alpha value is -5.16. The molecule has 11 heteroatoms. The van der Waals surface area contributed by atoms with Crippen LogP contribution in [0.25, 0.3) is 56.0 Å². The Morgan fingerprint density at radius 2 is 1.87 bits per heavy atom. The Morgan fingerprint density at radius 3 is 2.72 bits per heavy atom. The molecule has 0 unspecified atom stereocenters. The number of fused-ring (bicyclic) bond motifs is 2. The number of ether oxygens (including phenoxy) is 1. The molecule has 1 aliphatic heterocycles. The molecule has 1 fully saturated rings. The normalized spacial score (nSPS) is 13.7. The highest BCUT2D eigenvalue weighted by molar-refractivity contribution is 5.97. The SMILES string of the molecule is CC(C)CC(=O)Nc1cncc(-c2ccc3[nH]nc(-c4nc5c(-c6cc(F)cc(OCCN7CCCC7)c6)cccc5[nH]4)c3n2)c1. The maximum absolute atomic E-state index is 14.8. The standard InChI is InChI=1S/C35H35FN8O2/c1-21(2)14-31(45)38-25-16-23(19-37-20-25)28-8-9-30-33(39-28)34(43-42-30)35-40-29-7-5-6-27(32(29)41-35)22-15-24(36)18-26(17-22)46-13-12-44-10-3-4-11-44/h5-9,15-21H,3-4,10-14H2,1-2H3,(H,38,45)(H,40,41)(H,42,43).